The van der Waals surface area contributed by atoms with Crippen LogP contribution in [0.5, 0.6) is 11.5 Å². The highest BCUT2D eigenvalue weighted by Gasteiger charge is 2.20. The summed E-state index contributed by atoms with van der Waals surface area (Å²) in [5, 5.41) is 0.418. The fraction of sp³-hybridized carbons (Fsp3) is 0.214. The van der Waals surface area contributed by atoms with Gasteiger partial charge in [0.15, 0.2) is 23.3 Å². The minimum atomic E-state index is -0.546. The Kier molecular flexibility index (Phi) is 5.51. The molecule has 23 heavy (non-hydrogen) atoms. The molecule has 0 aromatic heterocycles. The number of carbonyl (C=O) groups excluding carboxylic acids is 2. The number of hydrogen-bond acceptors (Lipinski definition) is 7. The van der Waals surface area contributed by atoms with Gasteiger partial charge in [-0.2, -0.15) is 4.99 Å². The second-order valence-corrected chi connectivity index (χ2v) is 5.73. The Morgan fingerprint density at radius 1 is 1.43 bits per heavy atom. The van der Waals surface area contributed by atoms with Crippen LogP contribution in [0.25, 0.3) is 6.08 Å². The zero-order valence-electron chi connectivity index (χ0n) is 12.3. The summed E-state index contributed by atoms with van der Waals surface area (Å²) in [5.41, 5.74) is 6.11. The molecule has 9 heteroatoms. The molecule has 0 unspecified atom stereocenters. The Balaban J connectivity index is 2.28. The van der Waals surface area contributed by atoms with Crippen molar-refractivity contribution in [3.63, 3.8) is 0 Å². The molecule has 1 heterocycles. The molecule has 1 aromatic rings. The van der Waals surface area contributed by atoms with Crippen molar-refractivity contribution in [2.24, 2.45) is 10.7 Å². The molecule has 1 aromatic carbocycles. The maximum atomic E-state index is 11.6. The average Bonchev–Trinajstić information content (AvgIpc) is 2.82. The molecule has 0 fully saturated rings. The Hall–Kier alpha value is -2.19. The maximum Gasteiger partial charge on any atom is 0.343 e. The van der Waals surface area contributed by atoms with E-state index in [1.54, 1.807) is 18.2 Å². The molecular weight excluding hydrogens is 344 g/mol. The molecule has 0 atom stereocenters. The molecule has 7 nitrogen and oxygen atoms in total. The number of nitrogens with zero attached hydrogens (tertiary/aromatic N) is 1. The summed E-state index contributed by atoms with van der Waals surface area (Å²) >= 11 is 7.23. The highest BCUT2D eigenvalue weighted by atomic mass is 35.5. The standard InChI is InChI=1S/C14H13ClN2O5S/c1-20-9-4-7(5-10-13(19)17-14(16)23-10)3-8(15)12(9)22-6-11(18)21-2/h3-5H,6H2,1-2H3,(H2,16,17,19). The number of halogens is 1. The molecule has 0 saturated heterocycles. The van der Waals surface area contributed by atoms with E-state index in [0.717, 1.165) is 11.8 Å². The van der Waals surface area contributed by atoms with Gasteiger partial charge in [0.05, 0.1) is 24.1 Å². The van der Waals surface area contributed by atoms with E-state index in [2.05, 4.69) is 9.73 Å². The van der Waals surface area contributed by atoms with Gasteiger partial charge in [0, 0.05) is 0 Å². The number of aliphatic imine (C=N–C) groups is 1. The van der Waals surface area contributed by atoms with Crippen molar-refractivity contribution < 1.29 is 23.8 Å². The molecule has 122 valence electrons. The number of methoxy groups -OCH3 is 2. The summed E-state index contributed by atoms with van der Waals surface area (Å²) in [7, 11) is 2.69. The number of benzene rings is 1. The smallest absolute Gasteiger partial charge is 0.343 e. The summed E-state index contributed by atoms with van der Waals surface area (Å²) in [6.07, 6.45) is 1.59. The normalized spacial score (nSPS) is 15.5. The Bertz CT molecular complexity index is 717. The monoisotopic (exact) mass is 356 g/mol. The number of rotatable bonds is 5. The first kappa shape index (κ1) is 17.2. The van der Waals surface area contributed by atoms with Gasteiger partial charge in [-0.25, -0.2) is 4.79 Å². The van der Waals surface area contributed by atoms with E-state index < -0.39 is 11.9 Å². The second kappa shape index (κ2) is 7.38. The molecule has 0 saturated carbocycles. The predicted octanol–water partition coefficient (Wildman–Crippen LogP) is 1.83. The molecule has 2 rings (SSSR count). The summed E-state index contributed by atoms with van der Waals surface area (Å²) in [6.45, 7) is -0.300. The van der Waals surface area contributed by atoms with Crippen LogP contribution in [0.1, 0.15) is 5.56 Å². The van der Waals surface area contributed by atoms with Crippen LogP contribution in [0.4, 0.5) is 0 Å². The molecule has 1 amide bonds. The number of thioether (sulfide) groups is 1. The van der Waals surface area contributed by atoms with Crippen molar-refractivity contribution in [2.45, 2.75) is 0 Å². The highest BCUT2D eigenvalue weighted by Crippen LogP contribution is 2.38. The van der Waals surface area contributed by atoms with Crippen LogP contribution in [-0.2, 0) is 14.3 Å². The lowest BCUT2D eigenvalue weighted by atomic mass is 10.2. The maximum absolute atomic E-state index is 11.6. The van der Waals surface area contributed by atoms with Gasteiger partial charge in [-0.3, -0.25) is 4.79 Å². The van der Waals surface area contributed by atoms with Gasteiger partial charge in [-0.05, 0) is 35.5 Å². The fourth-order valence-electron chi connectivity index (χ4n) is 1.73. The Morgan fingerprint density at radius 2 is 2.17 bits per heavy atom. The molecule has 0 aliphatic carbocycles. The summed E-state index contributed by atoms with van der Waals surface area (Å²) in [4.78, 5) is 26.8. The minimum absolute atomic E-state index is 0.192. The zero-order valence-corrected chi connectivity index (χ0v) is 13.9. The number of amidine groups is 1. The van der Waals surface area contributed by atoms with Gasteiger partial charge < -0.3 is 19.9 Å². The summed E-state index contributed by atoms with van der Waals surface area (Å²) in [5.74, 6) is -0.427. The van der Waals surface area contributed by atoms with Crippen molar-refractivity contribution in [1.29, 1.82) is 0 Å². The summed E-state index contributed by atoms with van der Waals surface area (Å²) in [6, 6.07) is 3.19. The van der Waals surface area contributed by atoms with Crippen LogP contribution in [0.3, 0.4) is 0 Å². The van der Waals surface area contributed by atoms with Crippen molar-refractivity contribution in [3.05, 3.63) is 27.6 Å². The first-order chi connectivity index (χ1) is 10.9. The molecule has 1 aliphatic rings. The molecule has 0 spiro atoms. The zero-order chi connectivity index (χ0) is 17.0. The number of amides is 1. The number of ether oxygens (including phenoxy) is 3. The van der Waals surface area contributed by atoms with Gasteiger partial charge in [0.2, 0.25) is 0 Å². The number of esters is 1. The number of nitrogens with two attached hydrogens (primary N) is 1. The van der Waals surface area contributed by atoms with Crippen molar-refractivity contribution >= 4 is 46.5 Å². The van der Waals surface area contributed by atoms with E-state index in [-0.39, 0.29) is 22.5 Å². The predicted molar refractivity (Wildman–Crippen MR) is 87.7 cm³/mol. The van der Waals surface area contributed by atoms with Crippen molar-refractivity contribution in [1.82, 2.24) is 0 Å². The van der Waals surface area contributed by atoms with Gasteiger partial charge in [-0.15, -0.1) is 0 Å². The number of carbonyl (C=O) groups is 2. The Morgan fingerprint density at radius 3 is 2.74 bits per heavy atom. The first-order valence-corrected chi connectivity index (χ1v) is 7.49. The molecule has 2 N–H and O–H groups in total. The number of hydrogen-bond donors (Lipinski definition) is 1. The van der Waals surface area contributed by atoms with E-state index in [1.165, 1.54) is 14.2 Å². The lowest BCUT2D eigenvalue weighted by Crippen LogP contribution is -2.13. The molecule has 0 radical (unpaired) electrons. The molecule has 1 aliphatic heterocycles. The van der Waals surface area contributed by atoms with E-state index >= 15 is 0 Å². The third-order valence-corrected chi connectivity index (χ3v) is 3.84. The minimum Gasteiger partial charge on any atom is -0.493 e. The third kappa shape index (κ3) is 4.17. The van der Waals surface area contributed by atoms with E-state index in [0.29, 0.717) is 16.2 Å². The van der Waals surface area contributed by atoms with Crippen LogP contribution in [0.2, 0.25) is 5.02 Å². The third-order valence-electron chi connectivity index (χ3n) is 2.75. The van der Waals surface area contributed by atoms with Crippen LogP contribution in [-0.4, -0.2) is 37.9 Å². The van der Waals surface area contributed by atoms with E-state index in [1.807, 2.05) is 0 Å². The van der Waals surface area contributed by atoms with Gasteiger partial charge in [-0.1, -0.05) is 11.6 Å². The largest absolute Gasteiger partial charge is 0.493 e. The fourth-order valence-corrected chi connectivity index (χ4v) is 2.69. The Labute approximate surface area is 141 Å². The average molecular weight is 357 g/mol. The van der Waals surface area contributed by atoms with Crippen LogP contribution in [0, 0.1) is 0 Å². The van der Waals surface area contributed by atoms with Gasteiger partial charge in [0.1, 0.15) is 0 Å². The SMILES string of the molecule is COC(=O)COc1c(Cl)cc(C=C2SC(N)=NC2=O)cc1OC. The summed E-state index contributed by atoms with van der Waals surface area (Å²) < 4.78 is 15.0. The van der Waals surface area contributed by atoms with Gasteiger partial charge in [0.25, 0.3) is 5.91 Å². The topological polar surface area (TPSA) is 100 Å². The van der Waals surface area contributed by atoms with Crippen molar-refractivity contribution in [3.8, 4) is 11.5 Å². The highest BCUT2D eigenvalue weighted by molar-refractivity contribution is 8.18. The van der Waals surface area contributed by atoms with E-state index in [9.17, 15) is 9.59 Å². The molecular formula is C14H13ClN2O5S. The van der Waals surface area contributed by atoms with Crippen LogP contribution in [0.15, 0.2) is 22.0 Å². The lowest BCUT2D eigenvalue weighted by Gasteiger charge is -2.12. The van der Waals surface area contributed by atoms with Crippen molar-refractivity contribution in [2.75, 3.05) is 20.8 Å². The first-order valence-electron chi connectivity index (χ1n) is 6.29. The quantitative estimate of drug-likeness (QED) is 0.634. The molecule has 0 bridgehead atoms. The lowest BCUT2D eigenvalue weighted by molar-refractivity contribution is -0.142. The van der Waals surface area contributed by atoms with Crippen LogP contribution < -0.4 is 15.2 Å². The van der Waals surface area contributed by atoms with E-state index in [4.69, 9.17) is 26.8 Å². The van der Waals surface area contributed by atoms with Crippen LogP contribution >= 0.6 is 23.4 Å². The second-order valence-electron chi connectivity index (χ2n) is 4.26. The van der Waals surface area contributed by atoms with Gasteiger partial charge >= 0.3 is 5.97 Å².